The van der Waals surface area contributed by atoms with E-state index in [2.05, 4.69) is 6.92 Å². The molecular formula is C8H11ClO. The molecule has 0 saturated carbocycles. The molecule has 1 unspecified atom stereocenters. The van der Waals surface area contributed by atoms with Crippen LogP contribution in [0.4, 0.5) is 0 Å². The third kappa shape index (κ3) is 1.24. The molecule has 0 aromatic heterocycles. The number of halogens is 1. The Labute approximate surface area is 66.1 Å². The first-order valence-corrected chi connectivity index (χ1v) is 4.01. The Morgan fingerprint density at radius 1 is 1.80 bits per heavy atom. The second kappa shape index (κ2) is 3.20. The Balaban J connectivity index is 2.72. The van der Waals surface area contributed by atoms with Gasteiger partial charge < -0.3 is 0 Å². The fraction of sp³-hybridized carbons (Fsp3) is 0.625. The first kappa shape index (κ1) is 7.80. The Hall–Kier alpha value is -0.300. The molecule has 0 radical (unpaired) electrons. The third-order valence-electron chi connectivity index (χ3n) is 2.06. The number of carbonyl (C=O) groups is 1. The van der Waals surface area contributed by atoms with Crippen LogP contribution in [0, 0.1) is 5.92 Å². The Morgan fingerprint density at radius 3 is 2.80 bits per heavy atom. The summed E-state index contributed by atoms with van der Waals surface area (Å²) in [6.07, 6.45) is 3.87. The molecule has 1 aliphatic rings. The summed E-state index contributed by atoms with van der Waals surface area (Å²) >= 11 is 5.89. The molecule has 0 N–H and O–H groups in total. The van der Waals surface area contributed by atoms with E-state index in [0.717, 1.165) is 36.2 Å². The maximum atomic E-state index is 10.3. The van der Waals surface area contributed by atoms with Crippen LogP contribution in [-0.4, -0.2) is 6.29 Å². The van der Waals surface area contributed by atoms with E-state index >= 15 is 0 Å². The van der Waals surface area contributed by atoms with Gasteiger partial charge in [0.1, 0.15) is 6.29 Å². The van der Waals surface area contributed by atoms with Crippen molar-refractivity contribution in [3.8, 4) is 0 Å². The SMILES string of the molecule is CCC1CCC(C=O)=C1Cl. The van der Waals surface area contributed by atoms with Crippen molar-refractivity contribution in [1.29, 1.82) is 0 Å². The fourth-order valence-corrected chi connectivity index (χ4v) is 1.74. The van der Waals surface area contributed by atoms with Gasteiger partial charge in [-0.2, -0.15) is 0 Å². The van der Waals surface area contributed by atoms with Crippen molar-refractivity contribution in [2.45, 2.75) is 26.2 Å². The first-order chi connectivity index (χ1) is 4.79. The van der Waals surface area contributed by atoms with Crippen molar-refractivity contribution in [1.82, 2.24) is 0 Å². The molecule has 0 saturated heterocycles. The van der Waals surface area contributed by atoms with Gasteiger partial charge in [-0.3, -0.25) is 4.79 Å². The van der Waals surface area contributed by atoms with Crippen molar-refractivity contribution in [3.05, 3.63) is 10.6 Å². The highest BCUT2D eigenvalue weighted by Gasteiger charge is 2.21. The van der Waals surface area contributed by atoms with E-state index in [9.17, 15) is 4.79 Å². The fourth-order valence-electron chi connectivity index (χ4n) is 1.34. The molecule has 0 aliphatic heterocycles. The monoisotopic (exact) mass is 158 g/mol. The second-order valence-corrected chi connectivity index (χ2v) is 3.04. The quantitative estimate of drug-likeness (QED) is 0.565. The molecule has 0 spiro atoms. The zero-order valence-electron chi connectivity index (χ0n) is 6.06. The number of carbonyl (C=O) groups excluding carboxylic acids is 1. The number of hydrogen-bond acceptors (Lipinski definition) is 1. The summed E-state index contributed by atoms with van der Waals surface area (Å²) in [5, 5.41) is 0.803. The maximum Gasteiger partial charge on any atom is 0.147 e. The normalized spacial score (nSPS) is 25.6. The van der Waals surface area contributed by atoms with E-state index in [1.165, 1.54) is 0 Å². The second-order valence-electron chi connectivity index (χ2n) is 2.63. The number of allylic oxidation sites excluding steroid dienone is 2. The van der Waals surface area contributed by atoms with Crippen molar-refractivity contribution >= 4 is 17.9 Å². The van der Waals surface area contributed by atoms with Crippen LogP contribution >= 0.6 is 11.6 Å². The van der Waals surface area contributed by atoms with Gasteiger partial charge in [-0.05, 0) is 25.2 Å². The Kier molecular flexibility index (Phi) is 2.50. The van der Waals surface area contributed by atoms with Gasteiger partial charge in [-0.25, -0.2) is 0 Å². The van der Waals surface area contributed by atoms with Gasteiger partial charge in [-0.15, -0.1) is 0 Å². The molecular weight excluding hydrogens is 148 g/mol. The Bertz CT molecular complexity index is 172. The van der Waals surface area contributed by atoms with Crippen LogP contribution in [-0.2, 0) is 4.79 Å². The lowest BCUT2D eigenvalue weighted by Gasteiger charge is -2.03. The van der Waals surface area contributed by atoms with Crippen LogP contribution in [0.25, 0.3) is 0 Å². The summed E-state index contributed by atoms with van der Waals surface area (Å²) < 4.78 is 0. The summed E-state index contributed by atoms with van der Waals surface area (Å²) in [7, 11) is 0. The maximum absolute atomic E-state index is 10.3. The van der Waals surface area contributed by atoms with Crippen LogP contribution in [0.1, 0.15) is 26.2 Å². The van der Waals surface area contributed by atoms with E-state index in [0.29, 0.717) is 5.92 Å². The van der Waals surface area contributed by atoms with Crippen molar-refractivity contribution in [2.24, 2.45) is 5.92 Å². The number of hydrogen-bond donors (Lipinski definition) is 0. The average Bonchev–Trinajstić information content (AvgIpc) is 2.30. The molecule has 1 aliphatic carbocycles. The lowest BCUT2D eigenvalue weighted by Crippen LogP contribution is -1.91. The summed E-state index contributed by atoms with van der Waals surface area (Å²) in [5.41, 5.74) is 0.813. The summed E-state index contributed by atoms with van der Waals surface area (Å²) in [5.74, 6) is 0.460. The molecule has 10 heavy (non-hydrogen) atoms. The van der Waals surface area contributed by atoms with Crippen LogP contribution in [0.3, 0.4) is 0 Å². The van der Waals surface area contributed by atoms with Gasteiger partial charge in [0.15, 0.2) is 0 Å². The van der Waals surface area contributed by atoms with Gasteiger partial charge in [0.05, 0.1) is 0 Å². The molecule has 0 bridgehead atoms. The van der Waals surface area contributed by atoms with Gasteiger partial charge in [0, 0.05) is 10.6 Å². The zero-order valence-corrected chi connectivity index (χ0v) is 6.82. The molecule has 1 rings (SSSR count). The highest BCUT2D eigenvalue weighted by Crippen LogP contribution is 2.35. The van der Waals surface area contributed by atoms with Crippen molar-refractivity contribution < 1.29 is 4.79 Å². The molecule has 2 heteroatoms. The van der Waals surface area contributed by atoms with Gasteiger partial charge in [0.25, 0.3) is 0 Å². The third-order valence-corrected chi connectivity index (χ3v) is 2.61. The minimum Gasteiger partial charge on any atom is -0.298 e. The van der Waals surface area contributed by atoms with Crippen LogP contribution in [0.15, 0.2) is 10.6 Å². The number of rotatable bonds is 2. The van der Waals surface area contributed by atoms with E-state index < -0.39 is 0 Å². The molecule has 0 fully saturated rings. The first-order valence-electron chi connectivity index (χ1n) is 3.63. The molecule has 0 heterocycles. The standard InChI is InChI=1S/C8H11ClO/c1-2-6-3-4-7(5-10)8(6)9/h5-6H,2-4H2,1H3. The highest BCUT2D eigenvalue weighted by atomic mass is 35.5. The van der Waals surface area contributed by atoms with E-state index in [1.807, 2.05) is 0 Å². The van der Waals surface area contributed by atoms with Crippen molar-refractivity contribution in [3.63, 3.8) is 0 Å². The predicted molar refractivity (Wildman–Crippen MR) is 42.0 cm³/mol. The minimum absolute atomic E-state index is 0.460. The topological polar surface area (TPSA) is 17.1 Å². The average molecular weight is 159 g/mol. The van der Waals surface area contributed by atoms with E-state index in [4.69, 9.17) is 11.6 Å². The van der Waals surface area contributed by atoms with Gasteiger partial charge in [0.2, 0.25) is 0 Å². The van der Waals surface area contributed by atoms with Crippen molar-refractivity contribution in [2.75, 3.05) is 0 Å². The van der Waals surface area contributed by atoms with Crippen LogP contribution < -0.4 is 0 Å². The minimum atomic E-state index is 0.460. The summed E-state index contributed by atoms with van der Waals surface area (Å²) in [6.45, 7) is 2.10. The smallest absolute Gasteiger partial charge is 0.147 e. The lowest BCUT2D eigenvalue weighted by molar-refractivity contribution is -0.105. The summed E-state index contributed by atoms with van der Waals surface area (Å²) in [4.78, 5) is 10.3. The Morgan fingerprint density at radius 2 is 2.50 bits per heavy atom. The van der Waals surface area contributed by atoms with Crippen LogP contribution in [0.2, 0.25) is 0 Å². The molecule has 56 valence electrons. The molecule has 1 nitrogen and oxygen atoms in total. The molecule has 1 atom stereocenters. The highest BCUT2D eigenvalue weighted by molar-refractivity contribution is 6.31. The summed E-state index contributed by atoms with van der Waals surface area (Å²) in [6, 6.07) is 0. The zero-order chi connectivity index (χ0) is 7.56. The lowest BCUT2D eigenvalue weighted by atomic mass is 10.1. The number of aldehydes is 1. The molecule has 0 aromatic rings. The molecule has 0 aromatic carbocycles. The van der Waals surface area contributed by atoms with E-state index in [1.54, 1.807) is 0 Å². The predicted octanol–water partition coefficient (Wildman–Crippen LogP) is 2.50. The largest absolute Gasteiger partial charge is 0.298 e. The van der Waals surface area contributed by atoms with E-state index in [-0.39, 0.29) is 0 Å². The molecule has 0 amide bonds. The van der Waals surface area contributed by atoms with Crippen LogP contribution in [0.5, 0.6) is 0 Å². The van der Waals surface area contributed by atoms with Gasteiger partial charge in [-0.1, -0.05) is 18.5 Å². The van der Waals surface area contributed by atoms with Gasteiger partial charge >= 0.3 is 0 Å².